The summed E-state index contributed by atoms with van der Waals surface area (Å²) in [4.78, 5) is 11.9. The molecule has 2 heterocycles. The molecule has 2 aromatic rings. The molecular weight excluding hydrogens is 349 g/mol. The summed E-state index contributed by atoms with van der Waals surface area (Å²) in [6.07, 6.45) is 1.59. The molecule has 0 radical (unpaired) electrons. The summed E-state index contributed by atoms with van der Waals surface area (Å²) in [6.45, 7) is 2.09. The lowest BCUT2D eigenvalue weighted by atomic mass is 10.2. The first-order chi connectivity index (χ1) is 12.0. The number of hydrogen-bond donors (Lipinski definition) is 1. The van der Waals surface area contributed by atoms with Crippen LogP contribution in [0.2, 0.25) is 0 Å². The number of hydrogen-bond acceptors (Lipinski definition) is 5. The van der Waals surface area contributed by atoms with Gasteiger partial charge in [-0.25, -0.2) is 9.97 Å². The van der Waals surface area contributed by atoms with Gasteiger partial charge in [-0.3, -0.25) is 4.98 Å². The summed E-state index contributed by atoms with van der Waals surface area (Å²) in [7, 11) is 0. The van der Waals surface area contributed by atoms with Gasteiger partial charge in [-0.2, -0.15) is 24.9 Å². The molecule has 0 aliphatic heterocycles. The van der Waals surface area contributed by atoms with E-state index in [1.165, 1.54) is 12.4 Å². The number of pyridine rings is 1. The Morgan fingerprint density at radius 3 is 2.64 bits per heavy atom. The van der Waals surface area contributed by atoms with Gasteiger partial charge in [-0.1, -0.05) is 13.3 Å². The maximum atomic E-state index is 13.2. The highest BCUT2D eigenvalue weighted by Crippen LogP contribution is 2.34. The van der Waals surface area contributed by atoms with Crippen molar-refractivity contribution in [2.45, 2.75) is 43.7 Å². The third-order valence-corrected chi connectivity index (χ3v) is 5.45. The maximum Gasteiger partial charge on any atom is 0.433 e. The Labute approximate surface area is 148 Å². The van der Waals surface area contributed by atoms with Crippen molar-refractivity contribution in [3.05, 3.63) is 36.3 Å². The van der Waals surface area contributed by atoms with Crippen LogP contribution in [0.1, 0.15) is 31.9 Å². The second-order valence-corrected chi connectivity index (χ2v) is 7.39. The molecule has 134 valence electrons. The van der Waals surface area contributed by atoms with Crippen LogP contribution < -0.4 is 5.32 Å². The number of thioether (sulfide) groups is 1. The standard InChI is InChI=1S/C17H19F3N4S/c1-2-25-13-5-3-4-12(13)22-15-10-14(17(18,19)20)23-16(24-15)11-6-8-21-9-7-11/h6-10,12-13H,2-5H2,1H3,(H,22,23,24). The third kappa shape index (κ3) is 4.42. The number of halogens is 3. The zero-order chi connectivity index (χ0) is 17.9. The lowest BCUT2D eigenvalue weighted by Crippen LogP contribution is -2.27. The van der Waals surface area contributed by atoms with Gasteiger partial charge in [-0.05, 0) is 30.7 Å². The van der Waals surface area contributed by atoms with E-state index in [0.29, 0.717) is 10.8 Å². The Kier molecular flexibility index (Phi) is 5.46. The number of nitrogens with zero attached hydrogens (tertiary/aromatic N) is 3. The van der Waals surface area contributed by atoms with Gasteiger partial charge in [0.1, 0.15) is 5.82 Å². The highest BCUT2D eigenvalue weighted by Gasteiger charge is 2.34. The van der Waals surface area contributed by atoms with Crippen LogP contribution in [0.3, 0.4) is 0 Å². The van der Waals surface area contributed by atoms with Crippen molar-refractivity contribution in [3.63, 3.8) is 0 Å². The number of alkyl halides is 3. The minimum absolute atomic E-state index is 0.0532. The second kappa shape index (κ2) is 7.59. The van der Waals surface area contributed by atoms with Crippen LogP contribution in [0.15, 0.2) is 30.6 Å². The highest BCUT2D eigenvalue weighted by molar-refractivity contribution is 7.99. The molecule has 25 heavy (non-hydrogen) atoms. The van der Waals surface area contributed by atoms with Gasteiger partial charge in [0.05, 0.1) is 0 Å². The topological polar surface area (TPSA) is 50.7 Å². The maximum absolute atomic E-state index is 13.2. The molecule has 1 aliphatic carbocycles. The lowest BCUT2D eigenvalue weighted by Gasteiger charge is -2.21. The summed E-state index contributed by atoms with van der Waals surface area (Å²) < 4.78 is 39.7. The van der Waals surface area contributed by atoms with E-state index in [9.17, 15) is 13.2 Å². The molecule has 8 heteroatoms. The van der Waals surface area contributed by atoms with Crippen LogP contribution in [0.5, 0.6) is 0 Å². The first-order valence-electron chi connectivity index (χ1n) is 8.22. The quantitative estimate of drug-likeness (QED) is 0.833. The van der Waals surface area contributed by atoms with E-state index in [-0.39, 0.29) is 17.7 Å². The minimum atomic E-state index is -4.52. The van der Waals surface area contributed by atoms with Crippen LogP contribution in [-0.2, 0) is 6.18 Å². The van der Waals surface area contributed by atoms with Crippen molar-refractivity contribution in [2.75, 3.05) is 11.1 Å². The van der Waals surface area contributed by atoms with Gasteiger partial charge in [-0.15, -0.1) is 0 Å². The van der Waals surface area contributed by atoms with Crippen LogP contribution in [-0.4, -0.2) is 32.0 Å². The van der Waals surface area contributed by atoms with E-state index in [2.05, 4.69) is 27.2 Å². The van der Waals surface area contributed by atoms with E-state index in [4.69, 9.17) is 0 Å². The first kappa shape index (κ1) is 18.0. The summed E-state index contributed by atoms with van der Waals surface area (Å²) in [5, 5.41) is 3.61. The molecule has 2 aromatic heterocycles. The molecule has 1 aliphatic rings. The Morgan fingerprint density at radius 1 is 1.20 bits per heavy atom. The molecule has 0 saturated heterocycles. The van der Waals surface area contributed by atoms with Gasteiger partial charge in [0.15, 0.2) is 11.5 Å². The Hall–Kier alpha value is -1.83. The molecule has 0 spiro atoms. The predicted molar refractivity (Wildman–Crippen MR) is 93.4 cm³/mol. The fourth-order valence-electron chi connectivity index (χ4n) is 2.99. The summed E-state index contributed by atoms with van der Waals surface area (Å²) in [6, 6.07) is 4.33. The van der Waals surface area contributed by atoms with Crippen molar-refractivity contribution in [2.24, 2.45) is 0 Å². The normalized spacial score (nSPS) is 20.6. The van der Waals surface area contributed by atoms with E-state index in [1.54, 1.807) is 12.1 Å². The molecule has 1 N–H and O–H groups in total. The number of rotatable bonds is 5. The van der Waals surface area contributed by atoms with Gasteiger partial charge < -0.3 is 5.32 Å². The number of aromatic nitrogens is 3. The second-order valence-electron chi connectivity index (χ2n) is 5.87. The van der Waals surface area contributed by atoms with E-state index >= 15 is 0 Å². The van der Waals surface area contributed by atoms with Crippen molar-refractivity contribution in [3.8, 4) is 11.4 Å². The zero-order valence-electron chi connectivity index (χ0n) is 13.8. The fraction of sp³-hybridized carbons (Fsp3) is 0.471. The van der Waals surface area contributed by atoms with Crippen LogP contribution in [0.25, 0.3) is 11.4 Å². The summed E-state index contributed by atoms with van der Waals surface area (Å²) in [5.41, 5.74) is -0.426. The number of nitrogens with one attached hydrogen (secondary N) is 1. The average molecular weight is 368 g/mol. The molecule has 3 rings (SSSR count). The fourth-order valence-corrected chi connectivity index (χ4v) is 4.19. The Balaban J connectivity index is 1.93. The van der Waals surface area contributed by atoms with Crippen LogP contribution in [0.4, 0.5) is 19.0 Å². The van der Waals surface area contributed by atoms with Crippen molar-refractivity contribution < 1.29 is 13.2 Å². The lowest BCUT2D eigenvalue weighted by molar-refractivity contribution is -0.141. The Bertz CT molecular complexity index is 709. The van der Waals surface area contributed by atoms with Crippen LogP contribution >= 0.6 is 11.8 Å². The molecule has 2 unspecified atom stereocenters. The number of anilines is 1. The van der Waals surface area contributed by atoms with Gasteiger partial charge in [0.2, 0.25) is 0 Å². The molecule has 1 saturated carbocycles. The molecule has 1 fully saturated rings. The molecule has 4 nitrogen and oxygen atoms in total. The van der Waals surface area contributed by atoms with E-state index in [1.807, 2.05) is 11.8 Å². The summed E-state index contributed by atoms with van der Waals surface area (Å²) in [5.74, 6) is 1.27. The molecule has 2 atom stereocenters. The molecule has 0 aromatic carbocycles. The predicted octanol–water partition coefficient (Wildman–Crippen LogP) is 4.64. The van der Waals surface area contributed by atoms with Gasteiger partial charge in [0.25, 0.3) is 0 Å². The van der Waals surface area contributed by atoms with Crippen molar-refractivity contribution in [1.82, 2.24) is 15.0 Å². The smallest absolute Gasteiger partial charge is 0.366 e. The van der Waals surface area contributed by atoms with Crippen molar-refractivity contribution in [1.29, 1.82) is 0 Å². The molecule has 0 bridgehead atoms. The van der Waals surface area contributed by atoms with Gasteiger partial charge >= 0.3 is 6.18 Å². The average Bonchev–Trinajstić information content (AvgIpc) is 3.02. The zero-order valence-corrected chi connectivity index (χ0v) is 14.6. The molecule has 0 amide bonds. The van der Waals surface area contributed by atoms with E-state index in [0.717, 1.165) is 31.1 Å². The highest BCUT2D eigenvalue weighted by atomic mass is 32.2. The van der Waals surface area contributed by atoms with Crippen LogP contribution in [0, 0.1) is 0 Å². The van der Waals surface area contributed by atoms with Gasteiger partial charge in [0, 0.05) is 35.3 Å². The molecular formula is C17H19F3N4S. The Morgan fingerprint density at radius 2 is 1.96 bits per heavy atom. The van der Waals surface area contributed by atoms with E-state index < -0.39 is 11.9 Å². The van der Waals surface area contributed by atoms with Crippen molar-refractivity contribution >= 4 is 17.6 Å². The third-order valence-electron chi connectivity index (χ3n) is 4.12. The monoisotopic (exact) mass is 368 g/mol. The largest absolute Gasteiger partial charge is 0.433 e. The minimum Gasteiger partial charge on any atom is -0.366 e. The first-order valence-corrected chi connectivity index (χ1v) is 9.27. The SMILES string of the molecule is CCSC1CCCC1Nc1cc(C(F)(F)F)nc(-c2ccncc2)n1. The summed E-state index contributed by atoms with van der Waals surface area (Å²) >= 11 is 1.84.